The Kier molecular flexibility index (Phi) is 25.3. The Hall–Kier alpha value is -1.82. The molecule has 6 rings (SSSR count). The number of aldehydes is 1. The SMILES string of the molecule is O=C[C@H](OS(=O)(=O)O)[C@@H](O[C@@H]1O[C@H](CO)[C@@H](O)[C@H](O[C@@H]2O[C@H](CO)[C@@H](O)[C@H](O[C@@H]3O[C@H](CO)[C@@H](O)[C@H](O[C@@H]4O[C@H](CO)[C@@H](O)[C@H](O[C@@H]5O[C@H](CO)[C@@H](O)[C@H](O[C@@H]6O[C@H](CO)[C@@H](O)[C@H](O)[C@H]6O)[C@H]5O)[C@H]4O)[C@H]3O)[C@H]2O)[C@H]1O)[C@H](O)[C@H](O)CO. The van der Waals surface area contributed by atoms with E-state index in [1.54, 1.807) is 0 Å². The lowest BCUT2D eigenvalue weighted by molar-refractivity contribution is -0.399. The van der Waals surface area contributed by atoms with E-state index in [1.165, 1.54) is 0 Å². The quantitative estimate of drug-likeness (QED) is 0.0298. The van der Waals surface area contributed by atoms with Gasteiger partial charge in [-0.3, -0.25) is 4.55 Å². The van der Waals surface area contributed by atoms with Gasteiger partial charge >= 0.3 is 10.4 Å². The molecule has 0 unspecified atom stereocenters. The van der Waals surface area contributed by atoms with Gasteiger partial charge in [0.1, 0.15) is 165 Å². The van der Waals surface area contributed by atoms with Gasteiger partial charge in [-0.05, 0) is 0 Å². The van der Waals surface area contributed by atoms with Crippen molar-refractivity contribution < 1.29 is 191 Å². The van der Waals surface area contributed by atoms with Gasteiger partial charge in [-0.25, -0.2) is 4.18 Å². The molecule has 40 heteroatoms. The fraction of sp³-hybridized carbons (Fsp3) is 0.976. The lowest BCUT2D eigenvalue weighted by atomic mass is 9.95. The van der Waals surface area contributed by atoms with Crippen LogP contribution in [0.1, 0.15) is 0 Å². The van der Waals surface area contributed by atoms with Crippen LogP contribution in [0.2, 0.25) is 0 Å². The summed E-state index contributed by atoms with van der Waals surface area (Å²) >= 11 is 0. The highest BCUT2D eigenvalue weighted by Gasteiger charge is 2.58. The van der Waals surface area contributed by atoms with E-state index in [4.69, 9.17) is 56.8 Å². The van der Waals surface area contributed by atoms with Crippen LogP contribution in [0.15, 0.2) is 0 Å². The maximum atomic E-state index is 11.9. The highest BCUT2D eigenvalue weighted by Crippen LogP contribution is 2.37. The molecule has 6 aliphatic heterocycles. The molecule has 39 nitrogen and oxygen atoms in total. The predicted octanol–water partition coefficient (Wildman–Crippen LogP) is -16.6. The summed E-state index contributed by atoms with van der Waals surface area (Å²) in [5.41, 5.74) is 0. The van der Waals surface area contributed by atoms with Crippen molar-refractivity contribution in [2.24, 2.45) is 0 Å². The Balaban J connectivity index is 1.20. The molecule has 0 bridgehead atoms. The number of aliphatic hydroxyl groups excluding tert-OH is 22. The molecule has 0 spiro atoms. The minimum atomic E-state index is -5.55. The highest BCUT2D eigenvalue weighted by molar-refractivity contribution is 7.80. The van der Waals surface area contributed by atoms with E-state index in [9.17, 15) is 130 Å². The van der Waals surface area contributed by atoms with Crippen molar-refractivity contribution in [1.82, 2.24) is 0 Å². The summed E-state index contributed by atoms with van der Waals surface area (Å²) in [4.78, 5) is 11.9. The fourth-order valence-corrected chi connectivity index (χ4v) is 10.2. The summed E-state index contributed by atoms with van der Waals surface area (Å²) in [5, 5.41) is 235. The summed E-state index contributed by atoms with van der Waals surface area (Å²) in [5.74, 6) is 0. The van der Waals surface area contributed by atoms with Gasteiger partial charge in [0, 0.05) is 0 Å². The van der Waals surface area contributed by atoms with Crippen LogP contribution in [0.25, 0.3) is 0 Å². The van der Waals surface area contributed by atoms with E-state index in [-0.39, 0.29) is 6.29 Å². The zero-order valence-electron chi connectivity index (χ0n) is 42.4. The second-order valence-corrected chi connectivity index (χ2v) is 20.7. The molecule has 23 N–H and O–H groups in total. The number of aliphatic hydroxyl groups is 22. The van der Waals surface area contributed by atoms with Gasteiger partial charge in [-0.15, -0.1) is 0 Å². The predicted molar refractivity (Wildman–Crippen MR) is 243 cm³/mol. The molecule has 6 aliphatic rings. The number of carbonyl (C=O) groups excluding carboxylic acids is 1. The Morgan fingerprint density at radius 1 is 0.378 bits per heavy atom. The summed E-state index contributed by atoms with van der Waals surface area (Å²) in [6.45, 7) is -7.81. The topological polar surface area (TPSA) is 636 Å². The molecule has 0 aromatic carbocycles. The Morgan fingerprint density at radius 3 is 0.890 bits per heavy atom. The molecule has 82 heavy (non-hydrogen) atoms. The molecule has 0 aromatic rings. The van der Waals surface area contributed by atoms with Gasteiger partial charge in [0.15, 0.2) is 50.1 Å². The minimum absolute atomic E-state index is 0.363. The summed E-state index contributed by atoms with van der Waals surface area (Å²) in [6.07, 6.45) is -73.5. The van der Waals surface area contributed by atoms with Gasteiger partial charge < -0.3 is 174 Å². The van der Waals surface area contributed by atoms with E-state index < -0.39 is 265 Å². The Labute approximate surface area is 462 Å². The molecule has 6 heterocycles. The van der Waals surface area contributed by atoms with Crippen LogP contribution in [-0.4, -0.2) is 386 Å². The summed E-state index contributed by atoms with van der Waals surface area (Å²) < 4.78 is 103. The number of hydrogen-bond acceptors (Lipinski definition) is 38. The summed E-state index contributed by atoms with van der Waals surface area (Å²) in [7, 11) is -5.55. The number of hydrogen-bond donors (Lipinski definition) is 23. The van der Waals surface area contributed by atoms with Crippen LogP contribution in [0.5, 0.6) is 0 Å². The van der Waals surface area contributed by atoms with E-state index in [2.05, 4.69) is 4.18 Å². The van der Waals surface area contributed by atoms with Gasteiger partial charge in [0.05, 0.1) is 46.2 Å². The van der Waals surface area contributed by atoms with Crippen LogP contribution < -0.4 is 0 Å². The highest BCUT2D eigenvalue weighted by atomic mass is 32.3. The zero-order valence-corrected chi connectivity index (χ0v) is 43.2. The molecule has 34 atom stereocenters. The normalized spacial score (nSPS) is 47.5. The molecule has 480 valence electrons. The average molecular weight is 1230 g/mol. The molecule has 0 aliphatic carbocycles. The van der Waals surface area contributed by atoms with Crippen LogP contribution in [0, 0.1) is 0 Å². The van der Waals surface area contributed by atoms with Gasteiger partial charge in [0.2, 0.25) is 0 Å². The first kappa shape index (κ1) is 69.3. The third kappa shape index (κ3) is 15.2. The first-order chi connectivity index (χ1) is 38.6. The van der Waals surface area contributed by atoms with E-state index in [1.807, 2.05) is 0 Å². The first-order valence-corrected chi connectivity index (χ1v) is 26.5. The molecule has 6 saturated heterocycles. The van der Waals surface area contributed by atoms with Gasteiger partial charge in [0.25, 0.3) is 0 Å². The molecule has 0 aromatic heterocycles. The van der Waals surface area contributed by atoms with Gasteiger partial charge in [-0.2, -0.15) is 8.42 Å². The van der Waals surface area contributed by atoms with Crippen molar-refractivity contribution in [3.05, 3.63) is 0 Å². The monoisotopic (exact) mass is 1230 g/mol. The van der Waals surface area contributed by atoms with E-state index >= 15 is 0 Å². The van der Waals surface area contributed by atoms with Crippen molar-refractivity contribution in [1.29, 1.82) is 0 Å². The van der Waals surface area contributed by atoms with E-state index in [0.717, 1.165) is 0 Å². The summed E-state index contributed by atoms with van der Waals surface area (Å²) in [6, 6.07) is 0. The van der Waals surface area contributed by atoms with Crippen molar-refractivity contribution in [3.63, 3.8) is 0 Å². The first-order valence-electron chi connectivity index (χ1n) is 25.1. The lowest BCUT2D eigenvalue weighted by Crippen LogP contribution is -2.68. The molecular formula is C42H72O39S. The average Bonchev–Trinajstić information content (AvgIpc) is 2.75. The third-order valence-corrected chi connectivity index (χ3v) is 14.8. The number of carbonyl (C=O) groups is 1. The molecule has 0 amide bonds. The second kappa shape index (κ2) is 29.9. The maximum Gasteiger partial charge on any atom is 0.398 e. The van der Waals surface area contributed by atoms with Gasteiger partial charge in [-0.1, -0.05) is 0 Å². The van der Waals surface area contributed by atoms with E-state index in [0.29, 0.717) is 0 Å². The molecule has 0 radical (unpaired) electrons. The van der Waals surface area contributed by atoms with Crippen LogP contribution in [-0.2, 0) is 76.2 Å². The maximum absolute atomic E-state index is 11.9. The largest absolute Gasteiger partial charge is 0.398 e. The van der Waals surface area contributed by atoms with Crippen LogP contribution in [0.3, 0.4) is 0 Å². The second-order valence-electron chi connectivity index (χ2n) is 19.7. The van der Waals surface area contributed by atoms with Crippen molar-refractivity contribution in [2.45, 2.75) is 209 Å². The van der Waals surface area contributed by atoms with Crippen molar-refractivity contribution in [2.75, 3.05) is 46.2 Å². The van der Waals surface area contributed by atoms with Crippen LogP contribution >= 0.6 is 0 Å². The standard InChI is InChI=1S/C42H72O39S/c43-1-9(51)17(52)31(16(8-50)81-82(66,67)68)75-38-26(61)33(20(55)11(3-45)70-38)77-40-28(63)35(22(57)13(5-47)72-40)79-42-30(65)36(23(58)15(7-49)74-42)80-41-29(64)34(21(56)14(6-48)73-41)78-39-27(62)32(19(54)12(4-46)71-39)76-37-25(60)24(59)18(53)10(2-44)69-37/h8-49,51-65H,1-7H2,(H,66,67,68)/t9-,10-,11-,12-,13-,14-,15-,16+,17-,18-,19-,20-,21-,22-,23-,24+,25-,26-,27-,28-,29-,30-,31-,32+,33+,34+,35+,36+,37+,38+,39+,40+,41+,42+/m1/s1. The Morgan fingerprint density at radius 2 is 0.634 bits per heavy atom. The zero-order chi connectivity index (χ0) is 61.0. The van der Waals surface area contributed by atoms with Crippen LogP contribution in [0.4, 0.5) is 0 Å². The lowest BCUT2D eigenvalue weighted by Gasteiger charge is -2.50. The number of rotatable bonds is 25. The third-order valence-electron chi connectivity index (χ3n) is 14.3. The smallest absolute Gasteiger partial charge is 0.394 e. The molecular weight excluding hydrogens is 1160 g/mol. The molecule has 6 fully saturated rings. The van der Waals surface area contributed by atoms with Crippen molar-refractivity contribution in [3.8, 4) is 0 Å². The number of ether oxygens (including phenoxy) is 12. The fourth-order valence-electron chi connectivity index (χ4n) is 9.72. The van der Waals surface area contributed by atoms with Crippen molar-refractivity contribution >= 4 is 16.7 Å². The molecule has 0 saturated carbocycles. The minimum Gasteiger partial charge on any atom is -0.394 e. The Bertz CT molecular complexity index is 2050.